The van der Waals surface area contributed by atoms with Gasteiger partial charge in [-0.05, 0) is 56.2 Å². The van der Waals surface area contributed by atoms with E-state index in [1.54, 1.807) is 22.8 Å². The van der Waals surface area contributed by atoms with Crippen molar-refractivity contribution in [3.05, 3.63) is 33.6 Å². The van der Waals surface area contributed by atoms with E-state index >= 15 is 0 Å². The van der Waals surface area contributed by atoms with Gasteiger partial charge in [-0.1, -0.05) is 37.2 Å². The molecule has 2 aromatic rings. The van der Waals surface area contributed by atoms with Crippen molar-refractivity contribution in [1.29, 1.82) is 0 Å². The van der Waals surface area contributed by atoms with Crippen LogP contribution in [0.3, 0.4) is 0 Å². The van der Waals surface area contributed by atoms with E-state index < -0.39 is 0 Å². The number of carbonyl (C=O) groups is 1. The van der Waals surface area contributed by atoms with E-state index in [2.05, 4.69) is 13.8 Å². The van der Waals surface area contributed by atoms with Gasteiger partial charge in [0.05, 0.1) is 28.8 Å². The maximum absolute atomic E-state index is 13.3. The predicted octanol–water partition coefficient (Wildman–Crippen LogP) is 4.21. The molecule has 31 heavy (non-hydrogen) atoms. The Bertz CT molecular complexity index is 1010. The van der Waals surface area contributed by atoms with Crippen molar-refractivity contribution in [2.75, 3.05) is 19.7 Å². The van der Waals surface area contributed by atoms with Crippen LogP contribution in [0.1, 0.15) is 40.0 Å². The number of fused-ring (bicyclic) bond motifs is 1. The zero-order valence-corrected chi connectivity index (χ0v) is 19.9. The second kappa shape index (κ2) is 9.51. The molecule has 0 saturated carbocycles. The highest BCUT2D eigenvalue weighted by Gasteiger charge is 2.30. The van der Waals surface area contributed by atoms with Crippen LogP contribution in [0.25, 0.3) is 10.9 Å². The molecule has 0 spiro atoms. The molecule has 2 aliphatic heterocycles. The summed E-state index contributed by atoms with van der Waals surface area (Å²) in [5.74, 6) is 1.11. The molecule has 3 heterocycles. The summed E-state index contributed by atoms with van der Waals surface area (Å²) in [7, 11) is 0. The molecule has 4 rings (SSSR count). The molecule has 0 bridgehead atoms. The highest BCUT2D eigenvalue weighted by atomic mass is 35.5. The van der Waals surface area contributed by atoms with Crippen LogP contribution in [0.5, 0.6) is 0 Å². The average Bonchev–Trinajstić information content (AvgIpc) is 3.22. The number of carbonyl (C=O) groups excluding carboxylic acids is 1. The van der Waals surface area contributed by atoms with Gasteiger partial charge in [0.1, 0.15) is 0 Å². The standard InChI is InChI=1S/C23H30ClN3O3S/c1-14-9-15(2)12-26(11-14)21(28)16(3)31-23-25-20-10-17(24)6-7-19(20)22(29)27(23)13-18-5-4-8-30-18/h6-7,10,14-16,18H,4-5,8-9,11-13H2,1-3H3/t14-,15+,16-,18-/m0/s1. The van der Waals surface area contributed by atoms with Crippen molar-refractivity contribution in [3.8, 4) is 0 Å². The van der Waals surface area contributed by atoms with Crippen molar-refractivity contribution in [1.82, 2.24) is 14.5 Å². The van der Waals surface area contributed by atoms with Crippen LogP contribution in [-0.2, 0) is 16.1 Å². The number of nitrogens with zero attached hydrogens (tertiary/aromatic N) is 3. The van der Waals surface area contributed by atoms with Gasteiger partial charge in [-0.25, -0.2) is 4.98 Å². The van der Waals surface area contributed by atoms with E-state index in [-0.39, 0.29) is 22.8 Å². The number of benzene rings is 1. The first-order valence-corrected chi connectivity index (χ1v) is 12.3. The third kappa shape index (κ3) is 5.10. The van der Waals surface area contributed by atoms with Crippen molar-refractivity contribution in [3.63, 3.8) is 0 Å². The third-order valence-electron chi connectivity index (χ3n) is 6.10. The summed E-state index contributed by atoms with van der Waals surface area (Å²) in [6.45, 7) is 9.05. The Morgan fingerprint density at radius 1 is 1.32 bits per heavy atom. The minimum Gasteiger partial charge on any atom is -0.376 e. The number of halogens is 1. The maximum Gasteiger partial charge on any atom is 0.262 e. The molecule has 0 radical (unpaired) electrons. The highest BCUT2D eigenvalue weighted by Crippen LogP contribution is 2.28. The molecular weight excluding hydrogens is 434 g/mol. The quantitative estimate of drug-likeness (QED) is 0.490. The number of amides is 1. The molecule has 1 aromatic carbocycles. The predicted molar refractivity (Wildman–Crippen MR) is 125 cm³/mol. The van der Waals surface area contributed by atoms with Gasteiger partial charge in [-0.2, -0.15) is 0 Å². The molecule has 6 nitrogen and oxygen atoms in total. The molecule has 1 aromatic heterocycles. The Hall–Kier alpha value is -1.57. The minimum atomic E-state index is -0.336. The van der Waals surface area contributed by atoms with E-state index in [9.17, 15) is 9.59 Å². The van der Waals surface area contributed by atoms with Crippen LogP contribution in [0.15, 0.2) is 28.2 Å². The zero-order chi connectivity index (χ0) is 22.1. The van der Waals surface area contributed by atoms with Crippen LogP contribution in [-0.4, -0.2) is 51.4 Å². The lowest BCUT2D eigenvalue weighted by molar-refractivity contribution is -0.132. The highest BCUT2D eigenvalue weighted by molar-refractivity contribution is 8.00. The third-order valence-corrected chi connectivity index (χ3v) is 7.42. The number of likely N-dealkylation sites (tertiary alicyclic amines) is 1. The fourth-order valence-electron chi connectivity index (χ4n) is 4.73. The molecule has 0 unspecified atom stereocenters. The van der Waals surface area contributed by atoms with Crippen LogP contribution in [0.4, 0.5) is 0 Å². The van der Waals surface area contributed by atoms with Gasteiger partial charge in [0, 0.05) is 24.7 Å². The van der Waals surface area contributed by atoms with Crippen molar-refractivity contribution < 1.29 is 9.53 Å². The van der Waals surface area contributed by atoms with Crippen molar-refractivity contribution in [2.45, 2.75) is 63.1 Å². The lowest BCUT2D eigenvalue weighted by Crippen LogP contribution is -2.45. The van der Waals surface area contributed by atoms with Gasteiger partial charge >= 0.3 is 0 Å². The first kappa shape index (κ1) is 22.6. The van der Waals surface area contributed by atoms with E-state index in [0.29, 0.717) is 39.5 Å². The molecule has 2 saturated heterocycles. The molecule has 168 valence electrons. The van der Waals surface area contributed by atoms with Gasteiger partial charge in [0.25, 0.3) is 5.56 Å². The van der Waals surface area contributed by atoms with Gasteiger partial charge in [-0.15, -0.1) is 0 Å². The van der Waals surface area contributed by atoms with Gasteiger partial charge < -0.3 is 9.64 Å². The van der Waals surface area contributed by atoms with Gasteiger partial charge in [0.15, 0.2) is 5.16 Å². The molecule has 0 aliphatic carbocycles. The summed E-state index contributed by atoms with van der Waals surface area (Å²) >= 11 is 7.50. The van der Waals surface area contributed by atoms with Crippen LogP contribution in [0, 0.1) is 11.8 Å². The van der Waals surface area contributed by atoms with Crippen molar-refractivity contribution in [2.24, 2.45) is 11.8 Å². The SMILES string of the molecule is C[C@@H]1C[C@H](C)CN(C(=O)[C@H](C)Sc2nc3cc(Cl)ccc3c(=O)n2C[C@@H]2CCCO2)C1. The van der Waals surface area contributed by atoms with E-state index in [4.69, 9.17) is 21.3 Å². The Morgan fingerprint density at radius 3 is 2.74 bits per heavy atom. The monoisotopic (exact) mass is 463 g/mol. The summed E-state index contributed by atoms with van der Waals surface area (Å²) in [6, 6.07) is 5.14. The minimum absolute atomic E-state index is 0.00148. The summed E-state index contributed by atoms with van der Waals surface area (Å²) in [6.07, 6.45) is 3.07. The number of rotatable bonds is 5. The number of hydrogen-bond acceptors (Lipinski definition) is 5. The number of hydrogen-bond donors (Lipinski definition) is 0. The molecule has 4 atom stereocenters. The van der Waals surface area contributed by atoms with E-state index in [0.717, 1.165) is 39.0 Å². The summed E-state index contributed by atoms with van der Waals surface area (Å²) < 4.78 is 7.46. The summed E-state index contributed by atoms with van der Waals surface area (Å²) in [5.41, 5.74) is 0.447. The van der Waals surface area contributed by atoms with Gasteiger partial charge in [-0.3, -0.25) is 14.2 Å². The fourth-order valence-corrected chi connectivity index (χ4v) is 5.89. The number of aromatic nitrogens is 2. The first-order chi connectivity index (χ1) is 14.8. The average molecular weight is 464 g/mol. The number of piperidine rings is 1. The Balaban J connectivity index is 1.64. The summed E-state index contributed by atoms with van der Waals surface area (Å²) in [4.78, 5) is 33.2. The number of thioether (sulfide) groups is 1. The van der Waals surface area contributed by atoms with Gasteiger partial charge in [0.2, 0.25) is 5.91 Å². The fraction of sp³-hybridized carbons (Fsp3) is 0.609. The second-order valence-electron chi connectivity index (χ2n) is 9.06. The van der Waals surface area contributed by atoms with Crippen molar-refractivity contribution >= 4 is 40.2 Å². The molecule has 8 heteroatoms. The summed E-state index contributed by atoms with van der Waals surface area (Å²) in [5, 5.41) is 1.28. The molecular formula is C23H30ClN3O3S. The molecule has 2 aliphatic rings. The lowest BCUT2D eigenvalue weighted by atomic mass is 9.92. The van der Waals surface area contributed by atoms with E-state index in [1.807, 2.05) is 11.8 Å². The largest absolute Gasteiger partial charge is 0.376 e. The Kier molecular flexibility index (Phi) is 6.94. The van der Waals surface area contributed by atoms with Crippen LogP contribution < -0.4 is 5.56 Å². The molecule has 0 N–H and O–H groups in total. The molecule has 2 fully saturated rings. The molecule has 1 amide bonds. The van der Waals surface area contributed by atoms with Crippen LogP contribution in [0.2, 0.25) is 5.02 Å². The smallest absolute Gasteiger partial charge is 0.262 e. The normalized spacial score (nSPS) is 25.2. The van der Waals surface area contributed by atoms with E-state index in [1.165, 1.54) is 11.8 Å². The maximum atomic E-state index is 13.3. The second-order valence-corrected chi connectivity index (χ2v) is 10.8. The topological polar surface area (TPSA) is 64.4 Å². The Morgan fingerprint density at radius 2 is 2.06 bits per heavy atom. The first-order valence-electron chi connectivity index (χ1n) is 11.1. The Labute approximate surface area is 192 Å². The lowest BCUT2D eigenvalue weighted by Gasteiger charge is -2.36. The van der Waals surface area contributed by atoms with Crippen LogP contribution >= 0.6 is 23.4 Å². The number of ether oxygens (including phenoxy) is 1. The zero-order valence-electron chi connectivity index (χ0n) is 18.3.